The van der Waals surface area contributed by atoms with Gasteiger partial charge in [-0.2, -0.15) is 15.0 Å². The summed E-state index contributed by atoms with van der Waals surface area (Å²) in [4.78, 5) is 23.7. The first kappa shape index (κ1) is 11.8. The minimum Gasteiger partial charge on any atom is -0.357 e. The van der Waals surface area contributed by atoms with Gasteiger partial charge in [-0.15, -0.1) is 0 Å². The average Bonchev–Trinajstić information content (AvgIpc) is 3.02. The Morgan fingerprint density at radius 1 is 1.11 bits per heavy atom. The lowest BCUT2D eigenvalue weighted by Crippen LogP contribution is -2.21. The molecular formula is C12H15N7. The molecule has 0 spiro atoms. The highest BCUT2D eigenvalue weighted by molar-refractivity contribution is 5.52. The monoisotopic (exact) mass is 257 g/mol. The molecule has 0 aromatic carbocycles. The van der Waals surface area contributed by atoms with Gasteiger partial charge in [0.15, 0.2) is 5.82 Å². The van der Waals surface area contributed by atoms with Gasteiger partial charge in [0.25, 0.3) is 0 Å². The Balaban J connectivity index is 2.02. The minimum atomic E-state index is 0.550. The lowest BCUT2D eigenvalue weighted by molar-refractivity contribution is 0.882. The third kappa shape index (κ3) is 2.44. The average molecular weight is 257 g/mol. The summed E-state index contributed by atoms with van der Waals surface area (Å²) >= 11 is 0. The number of nitrogens with one attached hydrogen (secondary N) is 1. The van der Waals surface area contributed by atoms with E-state index < -0.39 is 0 Å². The summed E-state index contributed by atoms with van der Waals surface area (Å²) in [6, 6.07) is 0. The van der Waals surface area contributed by atoms with Gasteiger partial charge in [0.1, 0.15) is 5.69 Å². The van der Waals surface area contributed by atoms with Crippen LogP contribution in [-0.4, -0.2) is 45.1 Å². The summed E-state index contributed by atoms with van der Waals surface area (Å²) < 4.78 is 0. The molecule has 0 saturated carbocycles. The predicted octanol–water partition coefficient (Wildman–Crippen LogP) is 0.970. The summed E-state index contributed by atoms with van der Waals surface area (Å²) in [5.74, 6) is 1.81. The Morgan fingerprint density at radius 3 is 2.63 bits per heavy atom. The first-order chi connectivity index (χ1) is 9.36. The van der Waals surface area contributed by atoms with E-state index in [0.29, 0.717) is 23.4 Å². The number of rotatable bonds is 3. The van der Waals surface area contributed by atoms with Crippen molar-refractivity contribution in [3.05, 3.63) is 18.6 Å². The standard InChI is InChI=1S/C12H15N7/c1-13-11-16-10(9-8-14-4-5-15-9)17-12(18-11)19-6-2-3-7-19/h4-5,8H,2-3,6-7H2,1H3,(H,13,16,17,18). The fourth-order valence-electron chi connectivity index (χ4n) is 2.06. The molecule has 3 rings (SSSR count). The van der Waals surface area contributed by atoms with Gasteiger partial charge in [-0.05, 0) is 12.8 Å². The molecule has 7 nitrogen and oxygen atoms in total. The molecule has 0 aliphatic carbocycles. The van der Waals surface area contributed by atoms with Crippen LogP contribution in [-0.2, 0) is 0 Å². The predicted molar refractivity (Wildman–Crippen MR) is 71.8 cm³/mol. The summed E-state index contributed by atoms with van der Waals surface area (Å²) in [5.41, 5.74) is 0.654. The van der Waals surface area contributed by atoms with Crippen LogP contribution in [0.2, 0.25) is 0 Å². The van der Waals surface area contributed by atoms with Crippen LogP contribution in [0, 0.1) is 0 Å². The summed E-state index contributed by atoms with van der Waals surface area (Å²) in [7, 11) is 1.80. The summed E-state index contributed by atoms with van der Waals surface area (Å²) in [5, 5.41) is 2.96. The second-order valence-electron chi connectivity index (χ2n) is 4.32. The van der Waals surface area contributed by atoms with Crippen LogP contribution in [0.3, 0.4) is 0 Å². The molecule has 1 aliphatic heterocycles. The fraction of sp³-hybridized carbons (Fsp3) is 0.417. The SMILES string of the molecule is CNc1nc(-c2cnccn2)nc(N2CCCC2)n1. The molecular weight excluding hydrogens is 242 g/mol. The highest BCUT2D eigenvalue weighted by Gasteiger charge is 2.18. The van der Waals surface area contributed by atoms with E-state index in [2.05, 4.69) is 35.1 Å². The molecule has 2 aromatic heterocycles. The van der Waals surface area contributed by atoms with Gasteiger partial charge in [-0.3, -0.25) is 4.98 Å². The number of hydrogen-bond donors (Lipinski definition) is 1. The van der Waals surface area contributed by atoms with Crippen molar-refractivity contribution in [2.75, 3.05) is 30.4 Å². The van der Waals surface area contributed by atoms with Crippen molar-refractivity contribution in [3.63, 3.8) is 0 Å². The van der Waals surface area contributed by atoms with Crippen molar-refractivity contribution in [3.8, 4) is 11.5 Å². The molecule has 19 heavy (non-hydrogen) atoms. The van der Waals surface area contributed by atoms with Crippen molar-refractivity contribution >= 4 is 11.9 Å². The smallest absolute Gasteiger partial charge is 0.230 e. The third-order valence-corrected chi connectivity index (χ3v) is 3.03. The molecule has 98 valence electrons. The zero-order chi connectivity index (χ0) is 13.1. The van der Waals surface area contributed by atoms with Gasteiger partial charge < -0.3 is 10.2 Å². The maximum absolute atomic E-state index is 4.49. The van der Waals surface area contributed by atoms with Crippen molar-refractivity contribution in [2.45, 2.75) is 12.8 Å². The molecule has 0 atom stereocenters. The van der Waals surface area contributed by atoms with Gasteiger partial charge in [-0.1, -0.05) is 0 Å². The highest BCUT2D eigenvalue weighted by Crippen LogP contribution is 2.20. The lowest BCUT2D eigenvalue weighted by atomic mass is 10.4. The molecule has 0 unspecified atom stereocenters. The maximum atomic E-state index is 4.49. The Bertz CT molecular complexity index is 551. The number of nitrogens with zero attached hydrogens (tertiary/aromatic N) is 6. The summed E-state index contributed by atoms with van der Waals surface area (Å²) in [6.45, 7) is 1.99. The molecule has 2 aromatic rings. The van der Waals surface area contributed by atoms with Gasteiger partial charge in [0.05, 0.1) is 6.20 Å². The molecule has 0 amide bonds. The van der Waals surface area contributed by atoms with Crippen LogP contribution in [0.1, 0.15) is 12.8 Å². The van der Waals surface area contributed by atoms with Crippen LogP contribution >= 0.6 is 0 Å². The van der Waals surface area contributed by atoms with Crippen LogP contribution < -0.4 is 10.2 Å². The van der Waals surface area contributed by atoms with E-state index in [1.165, 1.54) is 12.8 Å². The van der Waals surface area contributed by atoms with E-state index in [1.807, 2.05) is 0 Å². The Kier molecular flexibility index (Phi) is 3.18. The van der Waals surface area contributed by atoms with Crippen LogP contribution in [0.5, 0.6) is 0 Å². The van der Waals surface area contributed by atoms with Crippen LogP contribution in [0.4, 0.5) is 11.9 Å². The highest BCUT2D eigenvalue weighted by atomic mass is 15.3. The van der Waals surface area contributed by atoms with Gasteiger partial charge >= 0.3 is 0 Å². The van der Waals surface area contributed by atoms with Crippen molar-refractivity contribution < 1.29 is 0 Å². The first-order valence-electron chi connectivity index (χ1n) is 6.32. The van der Waals surface area contributed by atoms with E-state index in [4.69, 9.17) is 0 Å². The van der Waals surface area contributed by atoms with E-state index in [1.54, 1.807) is 25.6 Å². The summed E-state index contributed by atoms with van der Waals surface area (Å²) in [6.07, 6.45) is 7.28. The van der Waals surface area contributed by atoms with Crippen LogP contribution in [0.25, 0.3) is 11.5 Å². The first-order valence-corrected chi connectivity index (χ1v) is 6.32. The molecule has 1 saturated heterocycles. The molecule has 1 fully saturated rings. The topological polar surface area (TPSA) is 79.7 Å². The molecule has 0 radical (unpaired) electrons. The quantitative estimate of drug-likeness (QED) is 0.877. The largest absolute Gasteiger partial charge is 0.357 e. The molecule has 0 bridgehead atoms. The molecule has 3 heterocycles. The lowest BCUT2D eigenvalue weighted by Gasteiger charge is -2.16. The zero-order valence-electron chi connectivity index (χ0n) is 10.7. The second-order valence-corrected chi connectivity index (χ2v) is 4.32. The maximum Gasteiger partial charge on any atom is 0.230 e. The normalized spacial score (nSPS) is 14.7. The van der Waals surface area contributed by atoms with Crippen molar-refractivity contribution in [2.24, 2.45) is 0 Å². The van der Waals surface area contributed by atoms with E-state index >= 15 is 0 Å². The van der Waals surface area contributed by atoms with E-state index in [-0.39, 0.29) is 0 Å². The Morgan fingerprint density at radius 2 is 1.95 bits per heavy atom. The number of hydrogen-bond acceptors (Lipinski definition) is 7. The molecule has 1 aliphatic rings. The number of aromatic nitrogens is 5. The Labute approximate surface area is 111 Å². The van der Waals surface area contributed by atoms with E-state index in [0.717, 1.165) is 13.1 Å². The fourth-order valence-corrected chi connectivity index (χ4v) is 2.06. The Hall–Kier alpha value is -2.31. The zero-order valence-corrected chi connectivity index (χ0v) is 10.7. The van der Waals surface area contributed by atoms with Crippen molar-refractivity contribution in [1.82, 2.24) is 24.9 Å². The molecule has 7 heteroatoms. The minimum absolute atomic E-state index is 0.550. The van der Waals surface area contributed by atoms with Crippen molar-refractivity contribution in [1.29, 1.82) is 0 Å². The third-order valence-electron chi connectivity index (χ3n) is 3.03. The second kappa shape index (κ2) is 5.13. The molecule has 1 N–H and O–H groups in total. The van der Waals surface area contributed by atoms with Gasteiger partial charge in [0, 0.05) is 32.5 Å². The van der Waals surface area contributed by atoms with Gasteiger partial charge in [-0.25, -0.2) is 4.98 Å². The van der Waals surface area contributed by atoms with E-state index in [9.17, 15) is 0 Å². The number of anilines is 2. The van der Waals surface area contributed by atoms with Gasteiger partial charge in [0.2, 0.25) is 11.9 Å². The van der Waals surface area contributed by atoms with Crippen LogP contribution in [0.15, 0.2) is 18.6 Å².